The summed E-state index contributed by atoms with van der Waals surface area (Å²) in [5.41, 5.74) is 0. The van der Waals surface area contributed by atoms with Crippen LogP contribution in [-0.4, -0.2) is 37.9 Å². The lowest BCUT2D eigenvalue weighted by Crippen LogP contribution is -2.36. The molecule has 0 spiro atoms. The molecule has 9 heteroatoms. The smallest absolute Gasteiger partial charge is 0.229 e. The lowest BCUT2D eigenvalue weighted by Gasteiger charge is -2.19. The van der Waals surface area contributed by atoms with Gasteiger partial charge in [-0.1, -0.05) is 6.42 Å². The molecule has 0 N–H and O–H groups in total. The van der Waals surface area contributed by atoms with Gasteiger partial charge in [0.2, 0.25) is 0 Å². The zero-order valence-corrected chi connectivity index (χ0v) is 11.7. The molecule has 0 amide bonds. The molecule has 116 valence electrons. The fourth-order valence-electron chi connectivity index (χ4n) is 1.35. The van der Waals surface area contributed by atoms with Gasteiger partial charge in [0, 0.05) is 12.3 Å². The number of hydrogen-bond donors (Lipinski definition) is 0. The molecule has 0 radical (unpaired) electrons. The van der Waals surface area contributed by atoms with Crippen LogP contribution in [0.15, 0.2) is 0 Å². The molecule has 0 aliphatic heterocycles. The summed E-state index contributed by atoms with van der Waals surface area (Å²) in [6, 6.07) is 0. The quantitative estimate of drug-likeness (QED) is 0.366. The van der Waals surface area contributed by atoms with Crippen LogP contribution in [0, 0.1) is 0 Å². The van der Waals surface area contributed by atoms with Crippen molar-refractivity contribution in [2.75, 3.05) is 17.4 Å². The van der Waals surface area contributed by atoms with Gasteiger partial charge in [0.1, 0.15) is 9.84 Å². The molecule has 0 aromatic rings. The summed E-state index contributed by atoms with van der Waals surface area (Å²) in [6.07, 6.45) is -6.27. The Labute approximate surface area is 114 Å². The Kier molecular flexibility index (Phi) is 7.57. The van der Waals surface area contributed by atoms with Crippen LogP contribution in [0.4, 0.5) is 22.0 Å². The summed E-state index contributed by atoms with van der Waals surface area (Å²) in [5.74, 6) is -5.29. The number of sulfone groups is 1. The Morgan fingerprint density at radius 3 is 1.84 bits per heavy atom. The van der Waals surface area contributed by atoms with Gasteiger partial charge in [0.05, 0.1) is 11.5 Å². The third-order valence-electron chi connectivity index (χ3n) is 2.45. The number of hydrogen-bond acceptors (Lipinski definition) is 2. The van der Waals surface area contributed by atoms with Gasteiger partial charge in [0.15, 0.2) is 0 Å². The lowest BCUT2D eigenvalue weighted by atomic mass is 10.2. The van der Waals surface area contributed by atoms with Crippen LogP contribution in [-0.2, 0) is 9.84 Å². The second-order valence-corrected chi connectivity index (χ2v) is 6.89. The normalized spacial score (nSPS) is 13.8. The molecule has 0 heterocycles. The van der Waals surface area contributed by atoms with Crippen LogP contribution in [0.1, 0.15) is 32.1 Å². The summed E-state index contributed by atoms with van der Waals surface area (Å²) in [5, 5.41) is 0. The molecule has 0 rings (SSSR count). The molecule has 0 bridgehead atoms. The van der Waals surface area contributed by atoms with E-state index in [1.165, 1.54) is 0 Å². The molecule has 0 aromatic carbocycles. The highest BCUT2D eigenvalue weighted by Crippen LogP contribution is 2.38. The summed E-state index contributed by atoms with van der Waals surface area (Å²) in [6.45, 7) is 0. The highest BCUT2D eigenvalue weighted by atomic mass is 35.5. The molecular formula is C10H16ClF5O2S. The van der Waals surface area contributed by atoms with Crippen LogP contribution in [0.5, 0.6) is 0 Å². The fraction of sp³-hybridized carbons (Fsp3) is 1.00. The van der Waals surface area contributed by atoms with Gasteiger partial charge in [-0.25, -0.2) is 8.42 Å². The standard InChI is InChI=1S/C10H16ClF5O2S/c11-6-2-1-3-7-19(17,18)8-4-5-9(12,13)10(14,15)16/h1-8H2. The fourth-order valence-corrected chi connectivity index (χ4v) is 2.97. The monoisotopic (exact) mass is 330 g/mol. The van der Waals surface area contributed by atoms with E-state index < -0.39 is 40.5 Å². The highest BCUT2D eigenvalue weighted by Gasteiger charge is 2.56. The minimum absolute atomic E-state index is 0.207. The zero-order valence-electron chi connectivity index (χ0n) is 10.1. The Hall–Kier alpha value is -0.110. The van der Waals surface area contributed by atoms with Crippen molar-refractivity contribution >= 4 is 21.4 Å². The minimum Gasteiger partial charge on any atom is -0.229 e. The molecule has 0 saturated carbocycles. The average molecular weight is 331 g/mol. The van der Waals surface area contributed by atoms with Gasteiger partial charge in [-0.05, 0) is 19.3 Å². The Bertz CT molecular complexity index is 353. The van der Waals surface area contributed by atoms with E-state index in [0.29, 0.717) is 25.1 Å². The summed E-state index contributed by atoms with van der Waals surface area (Å²) in [7, 11) is -3.57. The Morgan fingerprint density at radius 2 is 1.37 bits per heavy atom. The predicted octanol–water partition coefficient (Wildman–Crippen LogP) is 3.79. The van der Waals surface area contributed by atoms with E-state index in [1.807, 2.05) is 0 Å². The maximum atomic E-state index is 12.5. The van der Waals surface area contributed by atoms with E-state index >= 15 is 0 Å². The van der Waals surface area contributed by atoms with Crippen LogP contribution in [0.25, 0.3) is 0 Å². The summed E-state index contributed by atoms with van der Waals surface area (Å²) in [4.78, 5) is 0. The largest absolute Gasteiger partial charge is 0.453 e. The van der Waals surface area contributed by atoms with Crippen molar-refractivity contribution in [2.24, 2.45) is 0 Å². The van der Waals surface area contributed by atoms with Gasteiger partial charge >= 0.3 is 12.1 Å². The second kappa shape index (κ2) is 7.61. The van der Waals surface area contributed by atoms with Gasteiger partial charge in [-0.3, -0.25) is 0 Å². The summed E-state index contributed by atoms with van der Waals surface area (Å²) >= 11 is 5.39. The van der Waals surface area contributed by atoms with E-state index in [1.54, 1.807) is 0 Å². The third kappa shape index (κ3) is 7.91. The van der Waals surface area contributed by atoms with E-state index in [4.69, 9.17) is 11.6 Å². The zero-order chi connectivity index (χ0) is 15.2. The van der Waals surface area contributed by atoms with Gasteiger partial charge < -0.3 is 0 Å². The van der Waals surface area contributed by atoms with Crippen molar-refractivity contribution in [3.05, 3.63) is 0 Å². The van der Waals surface area contributed by atoms with E-state index in [9.17, 15) is 30.4 Å². The van der Waals surface area contributed by atoms with Crippen LogP contribution < -0.4 is 0 Å². The molecular weight excluding hydrogens is 315 g/mol. The van der Waals surface area contributed by atoms with E-state index in [2.05, 4.69) is 0 Å². The third-order valence-corrected chi connectivity index (χ3v) is 4.54. The molecule has 0 unspecified atom stereocenters. The topological polar surface area (TPSA) is 34.1 Å². The van der Waals surface area contributed by atoms with Crippen molar-refractivity contribution in [3.8, 4) is 0 Å². The molecule has 0 fully saturated rings. The number of alkyl halides is 6. The number of rotatable bonds is 9. The highest BCUT2D eigenvalue weighted by molar-refractivity contribution is 7.91. The summed E-state index contributed by atoms with van der Waals surface area (Å²) < 4.78 is 83.3. The minimum atomic E-state index is -5.63. The van der Waals surface area contributed by atoms with Gasteiger partial charge in [-0.2, -0.15) is 22.0 Å². The van der Waals surface area contributed by atoms with Gasteiger partial charge in [-0.15, -0.1) is 11.6 Å². The predicted molar refractivity (Wildman–Crippen MR) is 63.5 cm³/mol. The first-order chi connectivity index (χ1) is 8.52. The molecule has 0 saturated heterocycles. The van der Waals surface area contributed by atoms with E-state index in [0.717, 1.165) is 0 Å². The first kappa shape index (κ1) is 18.9. The van der Waals surface area contributed by atoms with Crippen molar-refractivity contribution in [3.63, 3.8) is 0 Å². The van der Waals surface area contributed by atoms with Crippen LogP contribution in [0.3, 0.4) is 0 Å². The lowest BCUT2D eigenvalue weighted by molar-refractivity contribution is -0.284. The molecule has 0 aromatic heterocycles. The van der Waals surface area contributed by atoms with Crippen molar-refractivity contribution in [1.29, 1.82) is 0 Å². The maximum Gasteiger partial charge on any atom is 0.453 e. The van der Waals surface area contributed by atoms with E-state index in [-0.39, 0.29) is 5.75 Å². The van der Waals surface area contributed by atoms with Gasteiger partial charge in [0.25, 0.3) is 0 Å². The Balaban J connectivity index is 4.06. The average Bonchev–Trinajstić information content (AvgIpc) is 2.22. The first-order valence-corrected chi connectivity index (χ1v) is 8.08. The van der Waals surface area contributed by atoms with Crippen molar-refractivity contribution < 1.29 is 30.4 Å². The van der Waals surface area contributed by atoms with Crippen molar-refractivity contribution in [1.82, 2.24) is 0 Å². The Morgan fingerprint density at radius 1 is 0.842 bits per heavy atom. The first-order valence-electron chi connectivity index (χ1n) is 5.73. The molecule has 0 aliphatic rings. The number of unbranched alkanes of at least 4 members (excludes halogenated alkanes) is 2. The van der Waals surface area contributed by atoms with Crippen molar-refractivity contribution in [2.45, 2.75) is 44.2 Å². The molecule has 0 atom stereocenters. The molecule has 19 heavy (non-hydrogen) atoms. The molecule has 2 nitrogen and oxygen atoms in total. The van der Waals surface area contributed by atoms with Crippen LogP contribution >= 0.6 is 11.6 Å². The maximum absolute atomic E-state index is 12.5. The number of halogens is 6. The van der Waals surface area contributed by atoms with Crippen LogP contribution in [0.2, 0.25) is 0 Å². The second-order valence-electron chi connectivity index (χ2n) is 4.21. The molecule has 0 aliphatic carbocycles. The SMILES string of the molecule is O=S(=O)(CCCCCCl)CCCC(F)(F)C(F)(F)F.